The minimum absolute atomic E-state index is 0. The summed E-state index contributed by atoms with van der Waals surface area (Å²) in [4.78, 5) is 9.88. The fraction of sp³-hybridized carbons (Fsp3) is 0.667. The molecule has 7 heavy (non-hydrogen) atoms. The highest BCUT2D eigenvalue weighted by Gasteiger charge is 1.89. The number of carbonyl (C=O) groups is 1. The second-order valence-electron chi connectivity index (χ2n) is 0.817. The normalized spacial score (nSPS) is 6.57. The van der Waals surface area contributed by atoms with Gasteiger partial charge in [0.1, 0.15) is 0 Å². The van der Waals surface area contributed by atoms with Crippen LogP contribution in [0.4, 0.5) is 0 Å². The van der Waals surface area contributed by atoms with Gasteiger partial charge in [0.25, 0.3) is 0 Å². The van der Waals surface area contributed by atoms with Gasteiger partial charge in [-0.05, 0) is 0 Å². The molecule has 0 aliphatic rings. The van der Waals surface area contributed by atoms with Crippen molar-refractivity contribution in [2.24, 2.45) is 0 Å². The first kappa shape index (κ1) is 9.91. The van der Waals surface area contributed by atoms with E-state index in [-0.39, 0.29) is 12.1 Å². The van der Waals surface area contributed by atoms with Crippen molar-refractivity contribution in [1.29, 1.82) is 0 Å². The lowest BCUT2D eigenvalue weighted by atomic mass is 10.5. The Morgan fingerprint density at radius 1 is 1.86 bits per heavy atom. The summed E-state index contributed by atoms with van der Waals surface area (Å²) < 4.78 is 3.95. The number of carbonyl (C=O) groups excluding carboxylic acids is 1. The largest absolute Gasteiger partial charge is 0.395 e. The lowest BCUT2D eigenvalue weighted by Crippen LogP contribution is -1.90. The van der Waals surface area contributed by atoms with Crippen molar-refractivity contribution >= 4 is 18.9 Å². The Hall–Kier alpha value is -0.220. The van der Waals surface area contributed by atoms with Gasteiger partial charge in [-0.15, -0.1) is 0 Å². The van der Waals surface area contributed by atoms with Gasteiger partial charge >= 0.3 is 5.97 Å². The van der Waals surface area contributed by atoms with E-state index in [0.29, 0.717) is 6.42 Å². The molecule has 4 N–H and O–H groups in total. The maximum absolute atomic E-state index is 9.88. The zero-order valence-electron chi connectivity index (χ0n) is 4.47. The van der Waals surface area contributed by atoms with Gasteiger partial charge in [0, 0.05) is 19.3 Å². The number of quaternary nitrogens is 1. The summed E-state index contributed by atoms with van der Waals surface area (Å²) in [6.07, 6.45) is 0.392. The average molecular weight is 124 g/mol. The van der Waals surface area contributed by atoms with E-state index in [1.54, 1.807) is 6.92 Å². The van der Waals surface area contributed by atoms with Crippen molar-refractivity contribution < 1.29 is 8.98 Å². The van der Waals surface area contributed by atoms with E-state index in [2.05, 4.69) is 17.1 Å². The Morgan fingerprint density at radius 3 is 2.29 bits per heavy atom. The zero-order valence-corrected chi connectivity index (χ0v) is 5.37. The van der Waals surface area contributed by atoms with Crippen LogP contribution in [0, 0.1) is 0 Å². The fourth-order valence-electron chi connectivity index (χ4n) is 0.0645. The molecule has 0 rings (SSSR count). The maximum Gasteiger partial charge on any atom is 0.317 e. The maximum atomic E-state index is 9.88. The van der Waals surface area contributed by atoms with Crippen LogP contribution in [-0.4, -0.2) is 5.97 Å². The standard InChI is InChI=1S/C3H6O2S.H3N/c1-2-3(4)5-6;/h6H,2H2,1H3;1H3/p+1. The predicted octanol–water partition coefficient (Wildman–Crippen LogP) is 1.16. The van der Waals surface area contributed by atoms with Crippen molar-refractivity contribution in [2.45, 2.75) is 13.3 Å². The molecule has 0 saturated heterocycles. The quantitative estimate of drug-likeness (QED) is 0.407. The summed E-state index contributed by atoms with van der Waals surface area (Å²) in [6.45, 7) is 1.71. The van der Waals surface area contributed by atoms with E-state index < -0.39 is 0 Å². The van der Waals surface area contributed by atoms with Gasteiger partial charge in [-0.3, -0.25) is 4.79 Å². The van der Waals surface area contributed by atoms with Crippen LogP contribution >= 0.6 is 12.9 Å². The fourth-order valence-corrected chi connectivity index (χ4v) is 0.194. The van der Waals surface area contributed by atoms with Gasteiger partial charge in [0.15, 0.2) is 0 Å². The summed E-state index contributed by atoms with van der Waals surface area (Å²) in [5, 5.41) is 0. The van der Waals surface area contributed by atoms with Crippen LogP contribution < -0.4 is 6.15 Å². The van der Waals surface area contributed by atoms with Gasteiger partial charge in [-0.1, -0.05) is 6.92 Å². The third kappa shape index (κ3) is 5.78. The number of rotatable bonds is 1. The Bertz CT molecular complexity index is 50.9. The molecule has 0 bridgehead atoms. The van der Waals surface area contributed by atoms with E-state index in [0.717, 1.165) is 0 Å². The highest BCUT2D eigenvalue weighted by Crippen LogP contribution is 1.84. The van der Waals surface area contributed by atoms with E-state index in [1.807, 2.05) is 0 Å². The van der Waals surface area contributed by atoms with E-state index in [9.17, 15) is 4.79 Å². The molecule has 0 spiro atoms. The minimum Gasteiger partial charge on any atom is -0.395 e. The number of thiol groups is 1. The molecule has 0 aliphatic carbocycles. The van der Waals surface area contributed by atoms with Crippen molar-refractivity contribution in [3.05, 3.63) is 0 Å². The molecule has 0 atom stereocenters. The summed E-state index contributed by atoms with van der Waals surface area (Å²) in [5.41, 5.74) is 0. The second kappa shape index (κ2) is 5.78. The van der Waals surface area contributed by atoms with Crippen LogP contribution in [0.3, 0.4) is 0 Å². The van der Waals surface area contributed by atoms with Crippen LogP contribution in [0.2, 0.25) is 0 Å². The molecule has 3 nitrogen and oxygen atoms in total. The molecule has 0 fully saturated rings. The smallest absolute Gasteiger partial charge is 0.317 e. The Morgan fingerprint density at radius 2 is 2.29 bits per heavy atom. The van der Waals surface area contributed by atoms with E-state index >= 15 is 0 Å². The highest BCUT2D eigenvalue weighted by atomic mass is 32.1. The lowest BCUT2D eigenvalue weighted by Gasteiger charge is -1.84. The average Bonchev–Trinajstić information content (AvgIpc) is 1.65. The van der Waals surface area contributed by atoms with E-state index in [1.165, 1.54) is 0 Å². The van der Waals surface area contributed by atoms with Crippen molar-refractivity contribution in [1.82, 2.24) is 6.15 Å². The summed E-state index contributed by atoms with van der Waals surface area (Å²) in [6, 6.07) is 0. The zero-order chi connectivity index (χ0) is 4.99. The number of hydrogen-bond acceptors (Lipinski definition) is 3. The van der Waals surface area contributed by atoms with Gasteiger partial charge in [-0.2, -0.15) is 0 Å². The van der Waals surface area contributed by atoms with Gasteiger partial charge in [0.2, 0.25) is 0 Å². The Labute approximate surface area is 48.2 Å². The van der Waals surface area contributed by atoms with Crippen LogP contribution in [-0.2, 0) is 8.98 Å². The molecule has 44 valence electrons. The molecule has 0 aliphatic heterocycles. The summed E-state index contributed by atoms with van der Waals surface area (Å²) >= 11 is 3.25. The SMILES string of the molecule is CCC(=O)OS.[NH4+]. The lowest BCUT2D eigenvalue weighted by molar-refractivity contribution is -0.132. The molecule has 0 amide bonds. The third-order valence-electron chi connectivity index (χ3n) is 0.390. The summed E-state index contributed by atoms with van der Waals surface area (Å²) in [5.74, 6) is -0.293. The predicted molar refractivity (Wildman–Crippen MR) is 31.4 cm³/mol. The molecule has 0 aromatic heterocycles. The molecular weight excluding hydrogens is 114 g/mol. The molecule has 0 aromatic rings. The van der Waals surface area contributed by atoms with Gasteiger partial charge < -0.3 is 10.3 Å². The Balaban J connectivity index is 0. The molecule has 0 unspecified atom stereocenters. The van der Waals surface area contributed by atoms with Crippen LogP contribution in [0.5, 0.6) is 0 Å². The minimum atomic E-state index is -0.293. The molecule has 0 aromatic carbocycles. The molecular formula is C3H10NO2S+. The molecule has 0 saturated carbocycles. The first-order chi connectivity index (χ1) is 2.81. The van der Waals surface area contributed by atoms with Crippen molar-refractivity contribution in [3.8, 4) is 0 Å². The first-order valence-corrected chi connectivity index (χ1v) is 2.02. The van der Waals surface area contributed by atoms with Gasteiger partial charge in [-0.25, -0.2) is 0 Å². The van der Waals surface area contributed by atoms with Crippen LogP contribution in [0.15, 0.2) is 0 Å². The second-order valence-corrected chi connectivity index (χ2v) is 0.999. The van der Waals surface area contributed by atoms with Crippen molar-refractivity contribution in [3.63, 3.8) is 0 Å². The Kier molecular flexibility index (Phi) is 8.19. The third-order valence-corrected chi connectivity index (χ3v) is 0.594. The summed E-state index contributed by atoms with van der Waals surface area (Å²) in [7, 11) is 0. The molecule has 0 heterocycles. The number of hydrogen-bond donors (Lipinski definition) is 2. The van der Waals surface area contributed by atoms with Gasteiger partial charge in [0.05, 0.1) is 0 Å². The molecule has 0 radical (unpaired) electrons. The highest BCUT2D eigenvalue weighted by molar-refractivity contribution is 7.75. The van der Waals surface area contributed by atoms with Crippen molar-refractivity contribution in [2.75, 3.05) is 0 Å². The first-order valence-electron chi connectivity index (χ1n) is 1.65. The van der Waals surface area contributed by atoms with Crippen LogP contribution in [0.1, 0.15) is 13.3 Å². The molecule has 4 heteroatoms. The monoisotopic (exact) mass is 124 g/mol. The topological polar surface area (TPSA) is 62.8 Å². The van der Waals surface area contributed by atoms with E-state index in [4.69, 9.17) is 0 Å². The van der Waals surface area contributed by atoms with Crippen LogP contribution in [0.25, 0.3) is 0 Å².